The molecule has 0 radical (unpaired) electrons. The van der Waals surface area contributed by atoms with Crippen molar-refractivity contribution in [3.63, 3.8) is 0 Å². The minimum Gasteiger partial charge on any atom is -0.463 e. The summed E-state index contributed by atoms with van der Waals surface area (Å²) in [6, 6.07) is 0. The van der Waals surface area contributed by atoms with Crippen molar-refractivity contribution in [2.24, 2.45) is 14.1 Å². The van der Waals surface area contributed by atoms with Crippen LogP contribution < -0.4 is 11.2 Å². The molecule has 0 fully saturated rings. The van der Waals surface area contributed by atoms with Gasteiger partial charge in [0.15, 0.2) is 11.2 Å². The van der Waals surface area contributed by atoms with Gasteiger partial charge in [0.1, 0.15) is 12.7 Å². The highest BCUT2D eigenvalue weighted by molar-refractivity contribution is 5.70. The van der Waals surface area contributed by atoms with Gasteiger partial charge in [0.2, 0.25) is 0 Å². The van der Waals surface area contributed by atoms with Crippen LogP contribution in [0.1, 0.15) is 32.6 Å². The van der Waals surface area contributed by atoms with Crippen molar-refractivity contribution < 1.29 is 14.6 Å². The van der Waals surface area contributed by atoms with Gasteiger partial charge in [-0.2, -0.15) is 0 Å². The summed E-state index contributed by atoms with van der Waals surface area (Å²) in [4.78, 5) is 39.8. The quantitative estimate of drug-likeness (QED) is 0.526. The molecule has 0 aromatic carbocycles. The summed E-state index contributed by atoms with van der Waals surface area (Å²) < 4.78 is 8.77. The number of hydrogen-bond acceptors (Lipinski definition) is 6. The van der Waals surface area contributed by atoms with Crippen molar-refractivity contribution >= 4 is 17.1 Å². The van der Waals surface area contributed by atoms with Gasteiger partial charge >= 0.3 is 11.7 Å². The van der Waals surface area contributed by atoms with Crippen molar-refractivity contribution in [1.29, 1.82) is 0 Å². The van der Waals surface area contributed by atoms with Gasteiger partial charge in [-0.25, -0.2) is 9.78 Å². The molecule has 0 saturated carbocycles. The second-order valence-corrected chi connectivity index (χ2v) is 6.07. The fourth-order valence-corrected chi connectivity index (χ4v) is 2.60. The summed E-state index contributed by atoms with van der Waals surface area (Å²) in [5.74, 6) is -0.346. The molecule has 0 saturated heterocycles. The number of imidazole rings is 1. The number of fused-ring (bicyclic) bond motifs is 1. The van der Waals surface area contributed by atoms with Gasteiger partial charge in [0.05, 0.1) is 12.9 Å². The number of ether oxygens (including phenoxy) is 1. The summed E-state index contributed by atoms with van der Waals surface area (Å²) >= 11 is 0. The Balaban J connectivity index is 2.07. The first-order valence-electron chi connectivity index (χ1n) is 8.31. The van der Waals surface area contributed by atoms with Crippen molar-refractivity contribution in [1.82, 2.24) is 18.7 Å². The van der Waals surface area contributed by atoms with Crippen molar-refractivity contribution in [2.75, 3.05) is 6.61 Å². The van der Waals surface area contributed by atoms with E-state index >= 15 is 0 Å². The van der Waals surface area contributed by atoms with Gasteiger partial charge in [-0.3, -0.25) is 18.7 Å². The Morgan fingerprint density at radius 3 is 2.68 bits per heavy atom. The Labute approximate surface area is 144 Å². The first-order valence-corrected chi connectivity index (χ1v) is 8.31. The third-order valence-electron chi connectivity index (χ3n) is 4.05. The van der Waals surface area contributed by atoms with Crippen LogP contribution in [0.2, 0.25) is 0 Å². The van der Waals surface area contributed by atoms with Gasteiger partial charge in [0.25, 0.3) is 5.56 Å². The van der Waals surface area contributed by atoms with Gasteiger partial charge in [-0.1, -0.05) is 19.8 Å². The molecule has 1 atom stereocenters. The molecular formula is C16H24N4O5. The monoisotopic (exact) mass is 352 g/mol. The second-order valence-electron chi connectivity index (χ2n) is 6.07. The summed E-state index contributed by atoms with van der Waals surface area (Å²) in [5.41, 5.74) is -0.488. The average Bonchev–Trinajstić information content (AvgIpc) is 3.00. The van der Waals surface area contributed by atoms with E-state index in [1.54, 1.807) is 0 Å². The molecule has 1 unspecified atom stereocenters. The smallest absolute Gasteiger partial charge is 0.332 e. The van der Waals surface area contributed by atoms with E-state index < -0.39 is 17.4 Å². The highest BCUT2D eigenvalue weighted by atomic mass is 16.5. The molecule has 9 heteroatoms. The summed E-state index contributed by atoms with van der Waals surface area (Å²) in [6.07, 6.45) is 3.48. The molecule has 2 rings (SSSR count). The van der Waals surface area contributed by atoms with Gasteiger partial charge in [-0.05, 0) is 6.42 Å². The predicted molar refractivity (Wildman–Crippen MR) is 91.3 cm³/mol. The van der Waals surface area contributed by atoms with E-state index in [0.717, 1.165) is 23.8 Å². The molecule has 0 amide bonds. The predicted octanol–water partition coefficient (Wildman–Crippen LogP) is -0.0819. The molecule has 0 aliphatic rings. The number of carbonyl (C=O) groups excluding carboxylic acids is 1. The van der Waals surface area contributed by atoms with Crippen LogP contribution >= 0.6 is 0 Å². The first-order chi connectivity index (χ1) is 11.9. The maximum atomic E-state index is 12.3. The van der Waals surface area contributed by atoms with E-state index in [1.807, 2.05) is 6.92 Å². The van der Waals surface area contributed by atoms with Crippen molar-refractivity contribution in [2.45, 2.75) is 45.3 Å². The van der Waals surface area contributed by atoms with Crippen LogP contribution in [0.25, 0.3) is 11.2 Å². The molecular weight excluding hydrogens is 328 g/mol. The Bertz CT molecular complexity index is 864. The number of esters is 1. The molecule has 1 N–H and O–H groups in total. The standard InChI is InChI=1S/C16H24N4O5/c1-4-5-6-7-12(22)25-9-11(21)8-20-10-17-14-13(20)15(23)19(3)16(24)18(14)2/h10-11,21H,4-9H2,1-3H3. The number of rotatable bonds is 8. The van der Waals surface area contributed by atoms with E-state index in [-0.39, 0.29) is 30.3 Å². The molecule has 2 aromatic heterocycles. The normalized spacial score (nSPS) is 12.5. The van der Waals surface area contributed by atoms with Gasteiger partial charge in [0, 0.05) is 20.5 Å². The van der Waals surface area contributed by atoms with Crippen LogP contribution in [0.5, 0.6) is 0 Å². The van der Waals surface area contributed by atoms with E-state index in [4.69, 9.17) is 4.74 Å². The van der Waals surface area contributed by atoms with Gasteiger partial charge in [-0.15, -0.1) is 0 Å². The molecule has 0 aliphatic carbocycles. The van der Waals surface area contributed by atoms with Crippen LogP contribution in [0.15, 0.2) is 15.9 Å². The van der Waals surface area contributed by atoms with E-state index in [0.29, 0.717) is 6.42 Å². The number of hydrogen-bond donors (Lipinski definition) is 1. The molecule has 0 spiro atoms. The molecule has 25 heavy (non-hydrogen) atoms. The molecule has 0 bridgehead atoms. The largest absolute Gasteiger partial charge is 0.463 e. The maximum Gasteiger partial charge on any atom is 0.332 e. The number of aryl methyl sites for hydroxylation is 1. The lowest BCUT2D eigenvalue weighted by Crippen LogP contribution is -2.38. The van der Waals surface area contributed by atoms with E-state index in [9.17, 15) is 19.5 Å². The molecule has 2 heterocycles. The lowest BCUT2D eigenvalue weighted by Gasteiger charge is -2.13. The zero-order chi connectivity index (χ0) is 18.6. The second kappa shape index (κ2) is 8.11. The lowest BCUT2D eigenvalue weighted by molar-refractivity contribution is -0.147. The third-order valence-corrected chi connectivity index (χ3v) is 4.05. The zero-order valence-corrected chi connectivity index (χ0v) is 14.8. The van der Waals surface area contributed by atoms with Crippen LogP contribution in [0, 0.1) is 0 Å². The topological polar surface area (TPSA) is 108 Å². The highest BCUT2D eigenvalue weighted by Crippen LogP contribution is 2.07. The van der Waals surface area contributed by atoms with Crippen LogP contribution in [0.3, 0.4) is 0 Å². The van der Waals surface area contributed by atoms with Crippen molar-refractivity contribution in [3.8, 4) is 0 Å². The lowest BCUT2D eigenvalue weighted by atomic mass is 10.2. The van der Waals surface area contributed by atoms with Crippen LogP contribution in [0.4, 0.5) is 0 Å². The average molecular weight is 352 g/mol. The SMILES string of the molecule is CCCCCC(=O)OCC(O)Cn1cnc2c1c(=O)n(C)c(=O)n2C. The summed E-state index contributed by atoms with van der Waals surface area (Å²) in [6.45, 7) is 1.92. The number of carbonyl (C=O) groups is 1. The summed E-state index contributed by atoms with van der Waals surface area (Å²) in [5, 5.41) is 10.1. The number of aromatic nitrogens is 4. The van der Waals surface area contributed by atoms with E-state index in [2.05, 4.69) is 4.98 Å². The number of unbranched alkanes of at least 4 members (excludes halogenated alkanes) is 2. The van der Waals surface area contributed by atoms with Crippen LogP contribution in [-0.4, -0.2) is 42.5 Å². The number of aliphatic hydroxyl groups excluding tert-OH is 1. The fraction of sp³-hybridized carbons (Fsp3) is 0.625. The summed E-state index contributed by atoms with van der Waals surface area (Å²) in [7, 11) is 2.91. The highest BCUT2D eigenvalue weighted by Gasteiger charge is 2.17. The van der Waals surface area contributed by atoms with Crippen LogP contribution in [-0.2, 0) is 30.2 Å². The van der Waals surface area contributed by atoms with E-state index in [1.165, 1.54) is 29.6 Å². The van der Waals surface area contributed by atoms with Gasteiger partial charge < -0.3 is 14.4 Å². The van der Waals surface area contributed by atoms with Crippen molar-refractivity contribution in [3.05, 3.63) is 27.2 Å². The number of aliphatic hydroxyl groups is 1. The molecule has 9 nitrogen and oxygen atoms in total. The maximum absolute atomic E-state index is 12.3. The molecule has 0 aliphatic heterocycles. The number of nitrogens with zero attached hydrogens (tertiary/aromatic N) is 4. The Morgan fingerprint density at radius 2 is 2.00 bits per heavy atom. The Hall–Kier alpha value is -2.42. The zero-order valence-electron chi connectivity index (χ0n) is 14.8. The first kappa shape index (κ1) is 18.9. The Kier molecular flexibility index (Phi) is 6.13. The molecule has 2 aromatic rings. The molecule has 138 valence electrons. The fourth-order valence-electron chi connectivity index (χ4n) is 2.60. The minimum absolute atomic E-state index is 0.0339. The third kappa shape index (κ3) is 4.16. The Morgan fingerprint density at radius 1 is 1.28 bits per heavy atom. The minimum atomic E-state index is -0.977.